The quantitative estimate of drug-likeness (QED) is 0.521. The van der Waals surface area contributed by atoms with Gasteiger partial charge in [-0.25, -0.2) is 0 Å². The number of fused-ring (bicyclic) bond motifs is 1. The fourth-order valence-corrected chi connectivity index (χ4v) is 5.14. The summed E-state index contributed by atoms with van der Waals surface area (Å²) >= 11 is 3.58. The number of nitrogens with two attached hydrogens (primary N) is 1. The summed E-state index contributed by atoms with van der Waals surface area (Å²) in [4.78, 5) is 13.1. The molecule has 4 nitrogen and oxygen atoms in total. The van der Waals surface area contributed by atoms with Gasteiger partial charge in [-0.2, -0.15) is 5.10 Å². The van der Waals surface area contributed by atoms with E-state index >= 15 is 0 Å². The van der Waals surface area contributed by atoms with Gasteiger partial charge in [0, 0.05) is 24.1 Å². The summed E-state index contributed by atoms with van der Waals surface area (Å²) in [6, 6.07) is 16.7. The SMILES string of the molecule is Cn1ncc(Br)c1-c1ccc2c(c1)CCC(CCC(CN)Cc1ccccc1)C2=O. The van der Waals surface area contributed by atoms with Gasteiger partial charge in [0.1, 0.15) is 0 Å². The predicted octanol–water partition coefficient (Wildman–Crippen LogP) is 5.19. The molecule has 4 rings (SSSR count). The molecule has 1 heterocycles. The van der Waals surface area contributed by atoms with Crippen molar-refractivity contribution >= 4 is 21.7 Å². The Labute approximate surface area is 186 Å². The van der Waals surface area contributed by atoms with Crippen LogP contribution < -0.4 is 5.73 Å². The van der Waals surface area contributed by atoms with Crippen LogP contribution in [0.25, 0.3) is 11.3 Å². The number of halogens is 1. The molecule has 156 valence electrons. The minimum absolute atomic E-state index is 0.108. The van der Waals surface area contributed by atoms with Crippen LogP contribution in [0, 0.1) is 11.8 Å². The summed E-state index contributed by atoms with van der Waals surface area (Å²) in [5.41, 5.74) is 11.5. The zero-order valence-electron chi connectivity index (χ0n) is 17.4. The number of ketones is 1. The molecule has 2 aromatic carbocycles. The Kier molecular flexibility index (Phi) is 6.49. The number of carbonyl (C=O) groups excluding carboxylic acids is 1. The second kappa shape index (κ2) is 9.27. The molecule has 0 amide bonds. The molecule has 0 radical (unpaired) electrons. The highest BCUT2D eigenvalue weighted by Gasteiger charge is 2.28. The Morgan fingerprint density at radius 1 is 1.23 bits per heavy atom. The molecule has 2 N–H and O–H groups in total. The van der Waals surface area contributed by atoms with E-state index in [1.807, 2.05) is 29.9 Å². The molecule has 1 aliphatic rings. The molecule has 1 aromatic heterocycles. The Morgan fingerprint density at radius 3 is 2.73 bits per heavy atom. The maximum atomic E-state index is 13.1. The largest absolute Gasteiger partial charge is 0.330 e. The van der Waals surface area contributed by atoms with Gasteiger partial charge >= 0.3 is 0 Å². The van der Waals surface area contributed by atoms with E-state index in [2.05, 4.69) is 51.4 Å². The second-order valence-electron chi connectivity index (χ2n) is 8.31. The van der Waals surface area contributed by atoms with Gasteiger partial charge in [-0.15, -0.1) is 0 Å². The third-order valence-electron chi connectivity index (χ3n) is 6.30. The highest BCUT2D eigenvalue weighted by molar-refractivity contribution is 9.10. The van der Waals surface area contributed by atoms with Crippen molar-refractivity contribution in [2.75, 3.05) is 6.54 Å². The zero-order valence-corrected chi connectivity index (χ0v) is 18.9. The smallest absolute Gasteiger partial charge is 0.166 e. The Balaban J connectivity index is 1.43. The van der Waals surface area contributed by atoms with Gasteiger partial charge in [0.05, 0.1) is 16.4 Å². The lowest BCUT2D eigenvalue weighted by atomic mass is 9.78. The van der Waals surface area contributed by atoms with Crippen molar-refractivity contribution in [3.63, 3.8) is 0 Å². The van der Waals surface area contributed by atoms with Crippen LogP contribution in [-0.2, 0) is 19.9 Å². The standard InChI is InChI=1S/C25H28BrN3O/c1-29-24(23(26)16-28-29)21-11-12-22-20(14-21)10-9-19(25(22)30)8-7-18(15-27)13-17-5-3-2-4-6-17/h2-6,11-12,14,16,18-19H,7-10,13,15,27H2,1H3. The Hall–Kier alpha value is -2.24. The second-order valence-corrected chi connectivity index (χ2v) is 9.16. The molecule has 3 aromatic rings. The topological polar surface area (TPSA) is 60.9 Å². The third kappa shape index (κ3) is 4.42. The molecule has 0 saturated heterocycles. The first-order chi connectivity index (χ1) is 14.6. The van der Waals surface area contributed by atoms with Gasteiger partial charge in [0.2, 0.25) is 0 Å². The Bertz CT molecular complexity index is 1010. The van der Waals surface area contributed by atoms with Crippen LogP contribution in [0.4, 0.5) is 0 Å². The van der Waals surface area contributed by atoms with E-state index in [4.69, 9.17) is 5.73 Å². The number of aromatic nitrogens is 2. The molecule has 0 spiro atoms. The van der Waals surface area contributed by atoms with Crippen LogP contribution >= 0.6 is 15.9 Å². The van der Waals surface area contributed by atoms with E-state index in [-0.39, 0.29) is 5.92 Å². The summed E-state index contributed by atoms with van der Waals surface area (Å²) < 4.78 is 2.83. The fourth-order valence-electron chi connectivity index (χ4n) is 4.57. The first kappa shape index (κ1) is 21.0. The van der Waals surface area contributed by atoms with E-state index < -0.39 is 0 Å². The summed E-state index contributed by atoms with van der Waals surface area (Å²) in [6.07, 6.45) is 6.57. The molecule has 5 heteroatoms. The van der Waals surface area contributed by atoms with Crippen molar-refractivity contribution in [3.8, 4) is 11.3 Å². The molecule has 1 aliphatic carbocycles. The van der Waals surface area contributed by atoms with Crippen molar-refractivity contribution in [3.05, 3.63) is 75.9 Å². The number of aryl methyl sites for hydroxylation is 2. The average molecular weight is 466 g/mol. The van der Waals surface area contributed by atoms with Crippen molar-refractivity contribution in [2.45, 2.75) is 32.1 Å². The molecular formula is C25H28BrN3O. The van der Waals surface area contributed by atoms with Crippen molar-refractivity contribution < 1.29 is 4.79 Å². The van der Waals surface area contributed by atoms with Crippen LogP contribution in [0.5, 0.6) is 0 Å². The molecule has 0 fully saturated rings. The minimum Gasteiger partial charge on any atom is -0.330 e. The van der Waals surface area contributed by atoms with Crippen LogP contribution in [0.1, 0.15) is 40.7 Å². The van der Waals surface area contributed by atoms with Crippen molar-refractivity contribution in [1.82, 2.24) is 9.78 Å². The summed E-state index contributed by atoms with van der Waals surface area (Å²) in [6.45, 7) is 0.662. The number of hydrogen-bond donors (Lipinski definition) is 1. The lowest BCUT2D eigenvalue weighted by molar-refractivity contribution is 0.0889. The lowest BCUT2D eigenvalue weighted by Gasteiger charge is -2.25. The number of hydrogen-bond acceptors (Lipinski definition) is 3. The highest BCUT2D eigenvalue weighted by Crippen LogP contribution is 2.34. The van der Waals surface area contributed by atoms with Crippen molar-refractivity contribution in [1.29, 1.82) is 0 Å². The monoisotopic (exact) mass is 465 g/mol. The van der Waals surface area contributed by atoms with Crippen LogP contribution in [0.2, 0.25) is 0 Å². The van der Waals surface area contributed by atoms with Crippen LogP contribution in [0.3, 0.4) is 0 Å². The summed E-state index contributed by atoms with van der Waals surface area (Å²) in [7, 11) is 1.93. The number of benzene rings is 2. The van der Waals surface area contributed by atoms with Crippen molar-refractivity contribution in [2.24, 2.45) is 24.6 Å². The minimum atomic E-state index is 0.108. The number of Topliss-reactive ketones (excluding diaryl/α,β-unsaturated/α-hetero) is 1. The van der Waals surface area contributed by atoms with Gasteiger partial charge in [0.25, 0.3) is 0 Å². The van der Waals surface area contributed by atoms with Gasteiger partial charge in [-0.1, -0.05) is 42.5 Å². The van der Waals surface area contributed by atoms with E-state index in [9.17, 15) is 4.79 Å². The normalized spacial score (nSPS) is 17.0. The molecular weight excluding hydrogens is 438 g/mol. The van der Waals surface area contributed by atoms with Gasteiger partial charge in [-0.05, 0) is 77.7 Å². The van der Waals surface area contributed by atoms with E-state index in [0.29, 0.717) is 18.2 Å². The Morgan fingerprint density at radius 2 is 2.03 bits per heavy atom. The summed E-state index contributed by atoms with van der Waals surface area (Å²) in [5.74, 6) is 0.824. The van der Waals surface area contributed by atoms with Gasteiger partial charge in [-0.3, -0.25) is 9.48 Å². The van der Waals surface area contributed by atoms with Gasteiger partial charge < -0.3 is 5.73 Å². The van der Waals surface area contributed by atoms with E-state index in [0.717, 1.165) is 59.0 Å². The maximum Gasteiger partial charge on any atom is 0.166 e. The first-order valence-corrected chi connectivity index (χ1v) is 11.4. The predicted molar refractivity (Wildman–Crippen MR) is 124 cm³/mol. The molecule has 2 unspecified atom stereocenters. The highest BCUT2D eigenvalue weighted by atomic mass is 79.9. The lowest BCUT2D eigenvalue weighted by Crippen LogP contribution is -2.25. The first-order valence-electron chi connectivity index (χ1n) is 10.7. The summed E-state index contributed by atoms with van der Waals surface area (Å²) in [5, 5.41) is 4.30. The number of rotatable bonds is 7. The van der Waals surface area contributed by atoms with E-state index in [1.54, 1.807) is 6.20 Å². The molecule has 2 atom stereocenters. The van der Waals surface area contributed by atoms with Crippen LogP contribution in [-0.4, -0.2) is 22.1 Å². The molecule has 0 aliphatic heterocycles. The van der Waals surface area contributed by atoms with Gasteiger partial charge in [0.15, 0.2) is 5.78 Å². The zero-order chi connectivity index (χ0) is 21.1. The maximum absolute atomic E-state index is 13.1. The van der Waals surface area contributed by atoms with E-state index in [1.165, 1.54) is 5.56 Å². The molecule has 0 bridgehead atoms. The number of carbonyl (C=O) groups is 1. The fraction of sp³-hybridized carbons (Fsp3) is 0.360. The molecule has 30 heavy (non-hydrogen) atoms. The van der Waals surface area contributed by atoms with Crippen LogP contribution in [0.15, 0.2) is 59.2 Å². The number of nitrogens with zero attached hydrogens (tertiary/aromatic N) is 2. The average Bonchev–Trinajstić information content (AvgIpc) is 3.10. The molecule has 0 saturated carbocycles. The third-order valence-corrected chi connectivity index (χ3v) is 6.88.